The van der Waals surface area contributed by atoms with E-state index >= 15 is 0 Å². The number of hydrogen-bond acceptors (Lipinski definition) is 0. The number of halogens is 4. The Balaban J connectivity index is 3.55. The molecule has 0 aliphatic rings. The molecule has 0 radical (unpaired) electrons. The van der Waals surface area contributed by atoms with Crippen molar-refractivity contribution in [3.8, 4) is 0 Å². The molecule has 0 atom stereocenters. The Morgan fingerprint density at radius 1 is 1.54 bits per heavy atom. The molecule has 0 amide bonds. The molecule has 0 saturated heterocycles. The second-order valence-electron chi connectivity index (χ2n) is 2.57. The van der Waals surface area contributed by atoms with Crippen LogP contribution in [0.4, 0.5) is 13.2 Å². The molecule has 0 unspecified atom stereocenters. The first-order valence-corrected chi connectivity index (χ1v) is 4.64. The van der Waals surface area contributed by atoms with Gasteiger partial charge in [-0.3, -0.25) is 0 Å². The van der Waals surface area contributed by atoms with Crippen LogP contribution in [0.5, 0.6) is 0 Å². The lowest BCUT2D eigenvalue weighted by Gasteiger charge is -2.12. The van der Waals surface area contributed by atoms with Gasteiger partial charge in [-0.1, -0.05) is 28.0 Å². The molecule has 0 fully saturated rings. The number of hydrogen-bond donors (Lipinski definition) is 0. The highest BCUT2D eigenvalue weighted by Gasteiger charge is 2.32. The third-order valence-corrected chi connectivity index (χ3v) is 2.33. The standard InChI is InChI=1S/C9H8BrF3/c1-6-7(5-10)3-2-4-8(6)9(11,12)13/h2-4H,5H2,1H3/i2D,4D. The summed E-state index contributed by atoms with van der Waals surface area (Å²) in [5, 5.41) is 0.244. The maximum absolute atomic E-state index is 12.6. The summed E-state index contributed by atoms with van der Waals surface area (Å²) < 4.78 is 52.3. The van der Waals surface area contributed by atoms with E-state index in [0.29, 0.717) is 5.56 Å². The third kappa shape index (κ3) is 2.24. The topological polar surface area (TPSA) is 0 Å². The molecule has 1 aromatic carbocycles. The monoisotopic (exact) mass is 254 g/mol. The molecular weight excluding hydrogens is 245 g/mol. The zero-order valence-corrected chi connectivity index (χ0v) is 8.38. The van der Waals surface area contributed by atoms with Crippen molar-refractivity contribution in [2.45, 2.75) is 18.4 Å². The molecule has 0 spiro atoms. The van der Waals surface area contributed by atoms with Crippen molar-refractivity contribution in [2.75, 3.05) is 0 Å². The fourth-order valence-electron chi connectivity index (χ4n) is 0.980. The van der Waals surface area contributed by atoms with E-state index in [1.165, 1.54) is 13.0 Å². The van der Waals surface area contributed by atoms with Crippen LogP contribution in [0.25, 0.3) is 0 Å². The minimum absolute atomic E-state index is 0.0142. The second kappa shape index (κ2) is 3.70. The van der Waals surface area contributed by atoms with Gasteiger partial charge in [-0.2, -0.15) is 13.2 Å². The first kappa shape index (κ1) is 7.85. The fourth-order valence-corrected chi connectivity index (χ4v) is 1.56. The van der Waals surface area contributed by atoms with Gasteiger partial charge < -0.3 is 0 Å². The van der Waals surface area contributed by atoms with Gasteiger partial charge in [0.15, 0.2) is 0 Å². The SMILES string of the molecule is [2H]c1cc(CBr)c(C)c(C(F)(F)F)c1[2H]. The average molecular weight is 255 g/mol. The quantitative estimate of drug-likeness (QED) is 0.667. The maximum Gasteiger partial charge on any atom is 0.416 e. The van der Waals surface area contributed by atoms with Crippen molar-refractivity contribution in [1.82, 2.24) is 0 Å². The Morgan fingerprint density at radius 2 is 2.15 bits per heavy atom. The summed E-state index contributed by atoms with van der Waals surface area (Å²) in [4.78, 5) is 0. The van der Waals surface area contributed by atoms with E-state index < -0.39 is 23.8 Å². The normalized spacial score (nSPS) is 13.9. The van der Waals surface area contributed by atoms with E-state index in [0.717, 1.165) is 0 Å². The molecule has 0 bridgehead atoms. The third-order valence-electron chi connectivity index (χ3n) is 1.73. The van der Waals surface area contributed by atoms with E-state index in [1.54, 1.807) is 0 Å². The zero-order valence-electron chi connectivity index (χ0n) is 8.80. The summed E-state index contributed by atoms with van der Waals surface area (Å²) in [6.45, 7) is 1.32. The molecule has 0 nitrogen and oxygen atoms in total. The number of alkyl halides is 4. The first-order valence-electron chi connectivity index (χ1n) is 4.52. The molecule has 72 valence electrons. The predicted octanol–water partition coefficient (Wildman–Crippen LogP) is 3.91. The first-order chi connectivity index (χ1) is 6.79. The van der Waals surface area contributed by atoms with Gasteiger partial charge in [-0.05, 0) is 24.1 Å². The molecule has 0 saturated carbocycles. The zero-order chi connectivity index (χ0) is 11.8. The van der Waals surface area contributed by atoms with Crippen molar-refractivity contribution in [1.29, 1.82) is 0 Å². The molecule has 0 aromatic heterocycles. The highest BCUT2D eigenvalue weighted by Crippen LogP contribution is 2.33. The summed E-state index contributed by atoms with van der Waals surface area (Å²) >= 11 is 3.06. The van der Waals surface area contributed by atoms with Crippen LogP contribution in [0.2, 0.25) is 0 Å². The van der Waals surface area contributed by atoms with Crippen molar-refractivity contribution in [2.24, 2.45) is 0 Å². The Bertz CT molecular complexity index is 388. The van der Waals surface area contributed by atoms with Gasteiger partial charge >= 0.3 is 6.18 Å². The molecule has 1 aromatic rings. The van der Waals surface area contributed by atoms with E-state index in [-0.39, 0.29) is 10.9 Å². The van der Waals surface area contributed by atoms with Crippen molar-refractivity contribution < 1.29 is 15.9 Å². The highest BCUT2D eigenvalue weighted by molar-refractivity contribution is 9.08. The van der Waals surface area contributed by atoms with E-state index in [9.17, 15) is 13.2 Å². The summed E-state index contributed by atoms with van der Waals surface area (Å²) in [5.41, 5.74) is -0.604. The summed E-state index contributed by atoms with van der Waals surface area (Å²) in [6.07, 6.45) is -4.57. The number of benzene rings is 1. The molecule has 0 aliphatic carbocycles. The maximum atomic E-state index is 12.6. The van der Waals surface area contributed by atoms with Crippen LogP contribution in [0.1, 0.15) is 19.4 Å². The van der Waals surface area contributed by atoms with E-state index in [4.69, 9.17) is 2.74 Å². The van der Waals surface area contributed by atoms with Gasteiger partial charge in [0.05, 0.1) is 8.30 Å². The van der Waals surface area contributed by atoms with Crippen LogP contribution in [0.15, 0.2) is 18.2 Å². The largest absolute Gasteiger partial charge is 0.416 e. The average Bonchev–Trinajstić information content (AvgIpc) is 2.09. The predicted molar refractivity (Wildman–Crippen MR) is 48.8 cm³/mol. The van der Waals surface area contributed by atoms with Gasteiger partial charge in [0, 0.05) is 5.33 Å². The highest BCUT2D eigenvalue weighted by atomic mass is 79.9. The number of rotatable bonds is 1. The molecule has 1 rings (SSSR count). The molecule has 0 N–H and O–H groups in total. The van der Waals surface area contributed by atoms with Crippen LogP contribution in [-0.4, -0.2) is 0 Å². The van der Waals surface area contributed by atoms with Gasteiger partial charge in [-0.25, -0.2) is 0 Å². The lowest BCUT2D eigenvalue weighted by molar-refractivity contribution is -0.138. The van der Waals surface area contributed by atoms with Crippen LogP contribution in [0, 0.1) is 6.92 Å². The molecule has 4 heteroatoms. The van der Waals surface area contributed by atoms with E-state index in [2.05, 4.69) is 15.9 Å². The smallest absolute Gasteiger partial charge is 0.166 e. The van der Waals surface area contributed by atoms with Gasteiger partial charge in [0.1, 0.15) is 0 Å². The molecule has 0 aliphatic heterocycles. The lowest BCUT2D eigenvalue weighted by Crippen LogP contribution is -2.08. The fraction of sp³-hybridized carbons (Fsp3) is 0.333. The summed E-state index contributed by atoms with van der Waals surface area (Å²) in [7, 11) is 0. The Kier molecular flexibility index (Phi) is 2.23. The minimum atomic E-state index is -4.57. The van der Waals surface area contributed by atoms with Crippen LogP contribution < -0.4 is 0 Å². The Morgan fingerprint density at radius 3 is 2.62 bits per heavy atom. The molecule has 0 heterocycles. The summed E-state index contributed by atoms with van der Waals surface area (Å²) in [5.74, 6) is 0. The van der Waals surface area contributed by atoms with Crippen molar-refractivity contribution in [3.63, 3.8) is 0 Å². The van der Waals surface area contributed by atoms with Crippen LogP contribution in [-0.2, 0) is 11.5 Å². The Labute approximate surface area is 85.7 Å². The Hall–Kier alpha value is -0.510. The van der Waals surface area contributed by atoms with Crippen molar-refractivity contribution in [3.05, 3.63) is 34.8 Å². The molecule has 13 heavy (non-hydrogen) atoms. The van der Waals surface area contributed by atoms with Crippen LogP contribution >= 0.6 is 15.9 Å². The lowest BCUT2D eigenvalue weighted by atomic mass is 10.0. The van der Waals surface area contributed by atoms with Gasteiger partial charge in [0.2, 0.25) is 0 Å². The summed E-state index contributed by atoms with van der Waals surface area (Å²) in [6, 6.07) is 0.119. The van der Waals surface area contributed by atoms with Gasteiger partial charge in [0.25, 0.3) is 0 Å². The minimum Gasteiger partial charge on any atom is -0.166 e. The second-order valence-corrected chi connectivity index (χ2v) is 3.13. The van der Waals surface area contributed by atoms with Crippen molar-refractivity contribution >= 4 is 15.9 Å². The van der Waals surface area contributed by atoms with Gasteiger partial charge in [-0.15, -0.1) is 0 Å². The molecular formula is C9H8BrF3. The van der Waals surface area contributed by atoms with Crippen LogP contribution in [0.3, 0.4) is 0 Å². The van der Waals surface area contributed by atoms with E-state index in [1.807, 2.05) is 0 Å².